The Morgan fingerprint density at radius 1 is 1.43 bits per heavy atom. The molecule has 0 bridgehead atoms. The van der Waals surface area contributed by atoms with E-state index in [0.29, 0.717) is 13.0 Å². The zero-order valence-electron chi connectivity index (χ0n) is 7.99. The topological polar surface area (TPSA) is 38.3 Å². The minimum Gasteiger partial charge on any atom is -0.466 e. The van der Waals surface area contributed by atoms with Crippen LogP contribution in [0.2, 0.25) is 0 Å². The van der Waals surface area contributed by atoms with Crippen LogP contribution in [0.4, 0.5) is 13.2 Å². The lowest BCUT2D eigenvalue weighted by atomic mass is 10.3. The number of rotatable bonds is 6. The van der Waals surface area contributed by atoms with Crippen LogP contribution < -0.4 is 5.32 Å². The molecule has 0 aromatic rings. The lowest BCUT2D eigenvalue weighted by Crippen LogP contribution is -2.29. The molecular formula is C8H14F3NO2. The van der Waals surface area contributed by atoms with Gasteiger partial charge in [0.1, 0.15) is 0 Å². The van der Waals surface area contributed by atoms with Gasteiger partial charge in [-0.1, -0.05) is 0 Å². The zero-order chi connectivity index (χ0) is 11.0. The Hall–Kier alpha value is -0.780. The molecule has 0 amide bonds. The van der Waals surface area contributed by atoms with E-state index in [9.17, 15) is 18.0 Å². The monoisotopic (exact) mass is 213 g/mol. The fourth-order valence-corrected chi connectivity index (χ4v) is 0.821. The van der Waals surface area contributed by atoms with Crippen LogP contribution in [0.3, 0.4) is 0 Å². The molecule has 6 heteroatoms. The molecule has 0 spiro atoms. The van der Waals surface area contributed by atoms with Gasteiger partial charge >= 0.3 is 12.1 Å². The van der Waals surface area contributed by atoms with Crippen molar-refractivity contribution in [3.05, 3.63) is 0 Å². The van der Waals surface area contributed by atoms with Crippen LogP contribution in [0.1, 0.15) is 19.8 Å². The molecule has 0 heterocycles. The largest absolute Gasteiger partial charge is 0.466 e. The molecule has 0 saturated carbocycles. The highest BCUT2D eigenvalue weighted by molar-refractivity contribution is 5.69. The molecule has 0 saturated heterocycles. The van der Waals surface area contributed by atoms with Crippen molar-refractivity contribution in [3.63, 3.8) is 0 Å². The molecule has 0 unspecified atom stereocenters. The quantitative estimate of drug-likeness (QED) is 0.536. The lowest BCUT2D eigenvalue weighted by Gasteiger charge is -2.07. The first-order valence-electron chi connectivity index (χ1n) is 4.39. The van der Waals surface area contributed by atoms with Crippen molar-refractivity contribution in [2.45, 2.75) is 25.9 Å². The van der Waals surface area contributed by atoms with Gasteiger partial charge in [-0.05, 0) is 19.9 Å². The highest BCUT2D eigenvalue weighted by atomic mass is 19.4. The van der Waals surface area contributed by atoms with Crippen LogP contribution in [0.25, 0.3) is 0 Å². The third-order valence-electron chi connectivity index (χ3n) is 1.37. The summed E-state index contributed by atoms with van der Waals surface area (Å²) in [6.07, 6.45) is -3.68. The smallest absolute Gasteiger partial charge is 0.401 e. The van der Waals surface area contributed by atoms with Gasteiger partial charge in [0.25, 0.3) is 0 Å². The fourth-order valence-electron chi connectivity index (χ4n) is 0.821. The Morgan fingerprint density at radius 3 is 2.57 bits per heavy atom. The van der Waals surface area contributed by atoms with E-state index in [4.69, 9.17) is 0 Å². The molecule has 0 atom stereocenters. The van der Waals surface area contributed by atoms with Crippen LogP contribution in [0.5, 0.6) is 0 Å². The number of hydrogen-bond acceptors (Lipinski definition) is 3. The Kier molecular flexibility index (Phi) is 6.27. The van der Waals surface area contributed by atoms with E-state index in [1.54, 1.807) is 6.92 Å². The standard InChI is InChI=1S/C8H14F3NO2/c1-2-14-7(13)4-3-5-12-6-8(9,10)11/h12H,2-6H2,1H3. The van der Waals surface area contributed by atoms with Crippen LogP contribution in [0.15, 0.2) is 0 Å². The van der Waals surface area contributed by atoms with E-state index in [1.165, 1.54) is 0 Å². The molecule has 0 aliphatic carbocycles. The van der Waals surface area contributed by atoms with Gasteiger partial charge in [0, 0.05) is 6.42 Å². The van der Waals surface area contributed by atoms with Gasteiger partial charge < -0.3 is 10.1 Å². The maximum absolute atomic E-state index is 11.6. The predicted octanol–water partition coefficient (Wildman–Crippen LogP) is 1.48. The molecule has 14 heavy (non-hydrogen) atoms. The third kappa shape index (κ3) is 9.31. The third-order valence-corrected chi connectivity index (χ3v) is 1.37. The summed E-state index contributed by atoms with van der Waals surface area (Å²) in [5.41, 5.74) is 0. The van der Waals surface area contributed by atoms with Crippen LogP contribution >= 0.6 is 0 Å². The summed E-state index contributed by atoms with van der Waals surface area (Å²) in [7, 11) is 0. The van der Waals surface area contributed by atoms with Gasteiger partial charge in [0.15, 0.2) is 0 Å². The Morgan fingerprint density at radius 2 is 2.07 bits per heavy atom. The average Bonchev–Trinajstić information content (AvgIpc) is 2.02. The number of ether oxygens (including phenoxy) is 1. The van der Waals surface area contributed by atoms with Gasteiger partial charge in [-0.2, -0.15) is 13.2 Å². The van der Waals surface area contributed by atoms with Gasteiger partial charge in [-0.3, -0.25) is 4.79 Å². The summed E-state index contributed by atoms with van der Waals surface area (Å²) in [4.78, 5) is 10.7. The van der Waals surface area contributed by atoms with Crippen molar-refractivity contribution in [2.75, 3.05) is 19.7 Å². The van der Waals surface area contributed by atoms with E-state index in [2.05, 4.69) is 10.1 Å². The van der Waals surface area contributed by atoms with E-state index in [-0.39, 0.29) is 18.9 Å². The lowest BCUT2D eigenvalue weighted by molar-refractivity contribution is -0.143. The molecular weight excluding hydrogens is 199 g/mol. The average molecular weight is 213 g/mol. The van der Waals surface area contributed by atoms with E-state index < -0.39 is 12.7 Å². The minimum absolute atomic E-state index is 0.151. The summed E-state index contributed by atoms with van der Waals surface area (Å²) in [6.45, 7) is 1.13. The number of halogens is 3. The predicted molar refractivity (Wildman–Crippen MR) is 44.8 cm³/mol. The molecule has 0 rings (SSSR count). The van der Waals surface area contributed by atoms with Gasteiger partial charge in [0.2, 0.25) is 0 Å². The summed E-state index contributed by atoms with van der Waals surface area (Å²) in [6, 6.07) is 0. The highest BCUT2D eigenvalue weighted by Crippen LogP contribution is 2.11. The first-order chi connectivity index (χ1) is 6.45. The first-order valence-corrected chi connectivity index (χ1v) is 4.39. The maximum atomic E-state index is 11.6. The fraction of sp³-hybridized carbons (Fsp3) is 0.875. The van der Waals surface area contributed by atoms with Gasteiger partial charge in [0.05, 0.1) is 13.2 Å². The number of hydrogen-bond donors (Lipinski definition) is 1. The molecule has 84 valence electrons. The molecule has 0 aromatic carbocycles. The molecule has 3 nitrogen and oxygen atoms in total. The second kappa shape index (κ2) is 6.64. The zero-order valence-corrected chi connectivity index (χ0v) is 7.99. The SMILES string of the molecule is CCOC(=O)CCCNCC(F)(F)F. The number of esters is 1. The van der Waals surface area contributed by atoms with Crippen LogP contribution in [-0.2, 0) is 9.53 Å². The number of alkyl halides is 3. The van der Waals surface area contributed by atoms with Crippen molar-refractivity contribution in [1.29, 1.82) is 0 Å². The molecule has 0 aliphatic rings. The second-order valence-electron chi connectivity index (χ2n) is 2.70. The van der Waals surface area contributed by atoms with Crippen molar-refractivity contribution < 1.29 is 22.7 Å². The van der Waals surface area contributed by atoms with Gasteiger partial charge in [-0.25, -0.2) is 0 Å². The number of nitrogens with one attached hydrogen (secondary N) is 1. The van der Waals surface area contributed by atoms with Crippen LogP contribution in [0, 0.1) is 0 Å². The number of carbonyl (C=O) groups excluding carboxylic acids is 1. The van der Waals surface area contributed by atoms with Crippen molar-refractivity contribution in [1.82, 2.24) is 5.32 Å². The molecule has 0 aliphatic heterocycles. The molecule has 1 N–H and O–H groups in total. The van der Waals surface area contributed by atoms with Crippen molar-refractivity contribution in [2.24, 2.45) is 0 Å². The normalized spacial score (nSPS) is 11.4. The first kappa shape index (κ1) is 13.2. The van der Waals surface area contributed by atoms with Crippen LogP contribution in [-0.4, -0.2) is 31.8 Å². The maximum Gasteiger partial charge on any atom is 0.401 e. The summed E-state index contributed by atoms with van der Waals surface area (Å²) in [5.74, 6) is -0.374. The highest BCUT2D eigenvalue weighted by Gasteiger charge is 2.25. The van der Waals surface area contributed by atoms with E-state index >= 15 is 0 Å². The van der Waals surface area contributed by atoms with Crippen molar-refractivity contribution in [3.8, 4) is 0 Å². The Labute approximate surface area is 80.6 Å². The molecule has 0 aromatic heterocycles. The molecule has 0 radical (unpaired) electrons. The summed E-state index contributed by atoms with van der Waals surface area (Å²) in [5, 5.41) is 2.19. The Balaban J connectivity index is 3.26. The minimum atomic E-state index is -4.19. The second-order valence-corrected chi connectivity index (χ2v) is 2.70. The summed E-state index contributed by atoms with van der Waals surface area (Å²) < 4.78 is 39.4. The van der Waals surface area contributed by atoms with Crippen molar-refractivity contribution >= 4 is 5.97 Å². The Bertz CT molecular complexity index is 170. The summed E-state index contributed by atoms with van der Waals surface area (Å²) >= 11 is 0. The van der Waals surface area contributed by atoms with E-state index in [0.717, 1.165) is 0 Å². The van der Waals surface area contributed by atoms with Gasteiger partial charge in [-0.15, -0.1) is 0 Å². The van der Waals surface area contributed by atoms with E-state index in [1.807, 2.05) is 0 Å². The number of carbonyl (C=O) groups is 1. The molecule has 0 fully saturated rings.